The molecule has 1 aromatic carbocycles. The van der Waals surface area contributed by atoms with Gasteiger partial charge in [-0.1, -0.05) is 15.9 Å². The molecule has 5 nitrogen and oxygen atoms in total. The van der Waals surface area contributed by atoms with E-state index >= 15 is 0 Å². The molecular formula is C10H10BrF3N2O3S. The summed E-state index contributed by atoms with van der Waals surface area (Å²) >= 11 is 2.98. The molecular weight excluding hydrogens is 365 g/mol. The number of sulfonamides is 1. The van der Waals surface area contributed by atoms with Crippen molar-refractivity contribution >= 4 is 31.9 Å². The maximum atomic E-state index is 12.0. The van der Waals surface area contributed by atoms with Crippen LogP contribution in [0.1, 0.15) is 15.9 Å². The summed E-state index contributed by atoms with van der Waals surface area (Å²) in [5, 5.41) is 6.64. The number of nitrogens with one attached hydrogen (secondary N) is 1. The van der Waals surface area contributed by atoms with Crippen molar-refractivity contribution in [3.8, 4) is 0 Å². The lowest BCUT2D eigenvalue weighted by molar-refractivity contribution is -0.123. The second-order valence-corrected chi connectivity index (χ2v) is 6.36. The maximum Gasteiger partial charge on any atom is 0.405 e. The molecule has 0 aromatic heterocycles. The van der Waals surface area contributed by atoms with Crippen LogP contribution in [0.15, 0.2) is 21.5 Å². The Labute approximate surface area is 121 Å². The standard InChI is InChI=1S/C10H10BrF3N2O3S/c1-5-7(9(17)16-4-10(12,13)14)2-6(11)3-8(5)20(15,18)19/h2-3H,4H2,1H3,(H,16,17)(H2,15,18,19). The van der Waals surface area contributed by atoms with Crippen LogP contribution in [0.4, 0.5) is 13.2 Å². The average Bonchev–Trinajstić information content (AvgIpc) is 2.26. The third kappa shape index (κ3) is 4.46. The third-order valence-corrected chi connectivity index (χ3v) is 3.82. The number of rotatable bonds is 3. The molecule has 10 heteroatoms. The number of nitrogens with two attached hydrogens (primary N) is 1. The lowest BCUT2D eigenvalue weighted by Crippen LogP contribution is -2.34. The second-order valence-electron chi connectivity index (χ2n) is 3.92. The molecule has 0 atom stereocenters. The van der Waals surface area contributed by atoms with Gasteiger partial charge in [-0.05, 0) is 24.6 Å². The zero-order valence-corrected chi connectivity index (χ0v) is 12.5. The van der Waals surface area contributed by atoms with Crippen LogP contribution >= 0.6 is 15.9 Å². The molecule has 0 saturated heterocycles. The van der Waals surface area contributed by atoms with Gasteiger partial charge in [-0.15, -0.1) is 0 Å². The van der Waals surface area contributed by atoms with Crippen molar-refractivity contribution < 1.29 is 26.4 Å². The van der Waals surface area contributed by atoms with Crippen LogP contribution in [-0.4, -0.2) is 27.0 Å². The number of carbonyl (C=O) groups excluding carboxylic acids is 1. The molecule has 0 saturated carbocycles. The Morgan fingerprint density at radius 3 is 2.40 bits per heavy atom. The van der Waals surface area contributed by atoms with Gasteiger partial charge in [0, 0.05) is 10.0 Å². The minimum absolute atomic E-state index is 0.0182. The van der Waals surface area contributed by atoms with E-state index in [1.807, 2.05) is 0 Å². The zero-order valence-electron chi connectivity index (χ0n) is 10.1. The molecule has 1 amide bonds. The summed E-state index contributed by atoms with van der Waals surface area (Å²) in [7, 11) is -4.09. The summed E-state index contributed by atoms with van der Waals surface area (Å²) in [5.41, 5.74) is -0.219. The topological polar surface area (TPSA) is 89.3 Å². The largest absolute Gasteiger partial charge is 0.405 e. The molecule has 0 aliphatic rings. The fourth-order valence-corrected chi connectivity index (χ4v) is 2.90. The quantitative estimate of drug-likeness (QED) is 0.843. The Morgan fingerprint density at radius 1 is 1.40 bits per heavy atom. The van der Waals surface area contributed by atoms with Crippen molar-refractivity contribution in [1.29, 1.82) is 0 Å². The summed E-state index contributed by atoms with van der Waals surface area (Å²) in [5.74, 6) is -1.04. The highest BCUT2D eigenvalue weighted by atomic mass is 79.9. The first-order chi connectivity index (χ1) is 8.92. The number of amides is 1. The van der Waals surface area contributed by atoms with Crippen LogP contribution in [0.3, 0.4) is 0 Å². The molecule has 0 aliphatic heterocycles. The number of hydrogen-bond donors (Lipinski definition) is 2. The summed E-state index contributed by atoms with van der Waals surface area (Å²) in [6, 6.07) is 2.39. The second kappa shape index (κ2) is 5.70. The van der Waals surface area contributed by atoms with E-state index in [2.05, 4.69) is 15.9 Å². The van der Waals surface area contributed by atoms with Gasteiger partial charge in [0.15, 0.2) is 0 Å². The third-order valence-electron chi connectivity index (χ3n) is 2.33. The average molecular weight is 375 g/mol. The fourth-order valence-electron chi connectivity index (χ4n) is 1.46. The van der Waals surface area contributed by atoms with Crippen molar-refractivity contribution in [2.75, 3.05) is 6.54 Å². The van der Waals surface area contributed by atoms with E-state index in [1.54, 1.807) is 5.32 Å². The van der Waals surface area contributed by atoms with Crippen molar-refractivity contribution in [3.63, 3.8) is 0 Å². The van der Waals surface area contributed by atoms with E-state index in [4.69, 9.17) is 5.14 Å². The first-order valence-electron chi connectivity index (χ1n) is 5.10. The number of halogens is 4. The fraction of sp³-hybridized carbons (Fsp3) is 0.300. The van der Waals surface area contributed by atoms with Crippen molar-refractivity contribution in [2.45, 2.75) is 18.0 Å². The SMILES string of the molecule is Cc1c(C(=O)NCC(F)(F)F)cc(Br)cc1S(N)(=O)=O. The normalized spacial score (nSPS) is 12.3. The van der Waals surface area contributed by atoms with E-state index in [0.29, 0.717) is 0 Å². The molecule has 112 valence electrons. The monoisotopic (exact) mass is 374 g/mol. The minimum atomic E-state index is -4.56. The molecule has 0 aliphatic carbocycles. The van der Waals surface area contributed by atoms with Crippen molar-refractivity contribution in [1.82, 2.24) is 5.32 Å². The van der Waals surface area contributed by atoms with Crippen LogP contribution in [0.25, 0.3) is 0 Å². The van der Waals surface area contributed by atoms with Gasteiger partial charge in [-0.3, -0.25) is 4.79 Å². The number of benzene rings is 1. The highest BCUT2D eigenvalue weighted by Gasteiger charge is 2.28. The number of primary sulfonamides is 1. The van der Waals surface area contributed by atoms with Gasteiger partial charge in [0.2, 0.25) is 10.0 Å². The Morgan fingerprint density at radius 2 is 1.95 bits per heavy atom. The first kappa shape index (κ1) is 16.9. The van der Waals surface area contributed by atoms with E-state index < -0.39 is 28.7 Å². The molecule has 3 N–H and O–H groups in total. The lowest BCUT2D eigenvalue weighted by Gasteiger charge is -2.12. The lowest BCUT2D eigenvalue weighted by atomic mass is 10.1. The van der Waals surface area contributed by atoms with Gasteiger partial charge >= 0.3 is 6.18 Å². The van der Waals surface area contributed by atoms with E-state index in [9.17, 15) is 26.4 Å². The molecule has 0 spiro atoms. The number of hydrogen-bond acceptors (Lipinski definition) is 3. The highest BCUT2D eigenvalue weighted by molar-refractivity contribution is 9.10. The van der Waals surface area contributed by atoms with Gasteiger partial charge in [0.05, 0.1) is 4.90 Å². The van der Waals surface area contributed by atoms with Gasteiger partial charge < -0.3 is 5.32 Å². The summed E-state index contributed by atoms with van der Waals surface area (Å²) in [6.45, 7) is -0.225. The number of carbonyl (C=O) groups is 1. The van der Waals surface area contributed by atoms with Crippen LogP contribution in [0.2, 0.25) is 0 Å². The minimum Gasteiger partial charge on any atom is -0.343 e. The Hall–Kier alpha value is -1.13. The summed E-state index contributed by atoms with van der Waals surface area (Å²) in [4.78, 5) is 11.3. The molecule has 20 heavy (non-hydrogen) atoms. The molecule has 0 unspecified atom stereocenters. The van der Waals surface area contributed by atoms with E-state index in [1.165, 1.54) is 19.1 Å². The van der Waals surface area contributed by atoms with Crippen molar-refractivity contribution in [3.05, 3.63) is 27.7 Å². The smallest absolute Gasteiger partial charge is 0.343 e. The first-order valence-corrected chi connectivity index (χ1v) is 7.43. The molecule has 0 fully saturated rings. The van der Waals surface area contributed by atoms with Crippen LogP contribution < -0.4 is 10.5 Å². The molecule has 0 heterocycles. The Balaban J connectivity index is 3.20. The Kier molecular flexibility index (Phi) is 4.82. The van der Waals surface area contributed by atoms with Crippen LogP contribution in [-0.2, 0) is 10.0 Å². The van der Waals surface area contributed by atoms with Crippen molar-refractivity contribution in [2.24, 2.45) is 5.14 Å². The zero-order chi connectivity index (χ0) is 15.7. The predicted octanol–water partition coefficient (Wildman–Crippen LogP) is 1.70. The molecule has 1 rings (SSSR count). The van der Waals surface area contributed by atoms with Gasteiger partial charge in [0.25, 0.3) is 5.91 Å². The summed E-state index contributed by atoms with van der Waals surface area (Å²) < 4.78 is 59.0. The molecule has 0 radical (unpaired) electrons. The molecule has 1 aromatic rings. The van der Waals surface area contributed by atoms with Gasteiger partial charge in [-0.25, -0.2) is 13.6 Å². The summed E-state index contributed by atoms with van der Waals surface area (Å²) in [6.07, 6.45) is -4.56. The number of alkyl halides is 3. The Bertz CT molecular complexity index is 644. The van der Waals surface area contributed by atoms with E-state index in [-0.39, 0.29) is 20.5 Å². The maximum absolute atomic E-state index is 12.0. The van der Waals surface area contributed by atoms with Gasteiger partial charge in [-0.2, -0.15) is 13.2 Å². The highest BCUT2D eigenvalue weighted by Crippen LogP contribution is 2.24. The predicted molar refractivity (Wildman–Crippen MR) is 68.6 cm³/mol. The molecule has 0 bridgehead atoms. The van der Waals surface area contributed by atoms with Gasteiger partial charge in [0.1, 0.15) is 6.54 Å². The van der Waals surface area contributed by atoms with E-state index in [0.717, 1.165) is 0 Å². The van der Waals surface area contributed by atoms with Crippen LogP contribution in [0, 0.1) is 6.92 Å². The van der Waals surface area contributed by atoms with Crippen LogP contribution in [0.5, 0.6) is 0 Å².